The van der Waals surface area contributed by atoms with Crippen molar-refractivity contribution in [3.05, 3.63) is 54.4 Å². The summed E-state index contributed by atoms with van der Waals surface area (Å²) in [6.07, 6.45) is 5.09. The number of nitrogens with zero attached hydrogens (tertiary/aromatic N) is 1. The molecule has 0 amide bonds. The summed E-state index contributed by atoms with van der Waals surface area (Å²) in [7, 11) is 6.56. The predicted molar refractivity (Wildman–Crippen MR) is 100 cm³/mol. The Balaban J connectivity index is 0.00000261. The van der Waals surface area contributed by atoms with Gasteiger partial charge in [0.05, 0.1) is 33.8 Å². The van der Waals surface area contributed by atoms with Gasteiger partial charge in [-0.1, -0.05) is 12.1 Å². The summed E-state index contributed by atoms with van der Waals surface area (Å²) in [5.74, 6) is 2.83. The molecule has 2 aromatic carbocycles. The molecule has 0 bridgehead atoms. The highest BCUT2D eigenvalue weighted by Gasteiger charge is 2.18. The van der Waals surface area contributed by atoms with Crippen molar-refractivity contribution >= 4 is 10.8 Å². The fraction of sp³-hybridized carbons (Fsp3) is 0.286. The van der Waals surface area contributed by atoms with Crippen LogP contribution in [0.2, 0.25) is 0 Å². The minimum absolute atomic E-state index is 0. The number of aryl methyl sites for hydroxylation is 2. The molecule has 1 aromatic heterocycles. The lowest BCUT2D eigenvalue weighted by Crippen LogP contribution is -3.00. The van der Waals surface area contributed by atoms with Crippen molar-refractivity contribution < 1.29 is 35.9 Å². The number of pyridine rings is 1. The first kappa shape index (κ1) is 20.6. The first-order valence-electron chi connectivity index (χ1n) is 8.45. The van der Waals surface area contributed by atoms with Crippen molar-refractivity contribution in [2.75, 3.05) is 28.4 Å². The second-order valence-corrected chi connectivity index (χ2v) is 5.93. The Morgan fingerprint density at radius 3 is 2.11 bits per heavy atom. The third kappa shape index (κ3) is 4.37. The van der Waals surface area contributed by atoms with Gasteiger partial charge in [-0.3, -0.25) is 0 Å². The van der Waals surface area contributed by atoms with E-state index in [0.717, 1.165) is 29.5 Å². The minimum atomic E-state index is 0. The predicted octanol–water partition coefficient (Wildman–Crippen LogP) is 0.408. The van der Waals surface area contributed by atoms with E-state index < -0.39 is 0 Å². The van der Waals surface area contributed by atoms with E-state index in [1.165, 1.54) is 5.56 Å². The van der Waals surface area contributed by atoms with E-state index in [-0.39, 0.29) is 12.4 Å². The maximum Gasteiger partial charge on any atom is 0.203 e. The number of hydrogen-bond donors (Lipinski definition) is 0. The van der Waals surface area contributed by atoms with Crippen molar-refractivity contribution in [3.8, 4) is 23.0 Å². The highest BCUT2D eigenvalue weighted by Crippen LogP contribution is 2.42. The molecule has 0 N–H and O–H groups in total. The third-order valence-electron chi connectivity index (χ3n) is 4.46. The van der Waals surface area contributed by atoms with Crippen LogP contribution in [0.1, 0.15) is 5.56 Å². The lowest BCUT2D eigenvalue weighted by atomic mass is 10.1. The fourth-order valence-corrected chi connectivity index (χ4v) is 3.06. The Bertz CT molecular complexity index is 897. The molecule has 27 heavy (non-hydrogen) atoms. The van der Waals surface area contributed by atoms with Gasteiger partial charge in [0.1, 0.15) is 5.75 Å². The molecule has 3 rings (SSSR count). The summed E-state index contributed by atoms with van der Waals surface area (Å²) >= 11 is 0. The van der Waals surface area contributed by atoms with Crippen molar-refractivity contribution in [3.63, 3.8) is 0 Å². The van der Waals surface area contributed by atoms with Gasteiger partial charge in [0.25, 0.3) is 0 Å². The molecule has 0 atom stereocenters. The number of methoxy groups -OCH3 is 4. The van der Waals surface area contributed by atoms with Crippen LogP contribution in [0.15, 0.2) is 48.8 Å². The summed E-state index contributed by atoms with van der Waals surface area (Å²) in [6, 6.07) is 12.2. The van der Waals surface area contributed by atoms with E-state index in [4.69, 9.17) is 18.9 Å². The average Bonchev–Trinajstić information content (AvgIpc) is 2.70. The number of halogens is 1. The summed E-state index contributed by atoms with van der Waals surface area (Å²) < 4.78 is 23.8. The van der Waals surface area contributed by atoms with E-state index >= 15 is 0 Å². The number of hydrogen-bond acceptors (Lipinski definition) is 4. The summed E-state index contributed by atoms with van der Waals surface area (Å²) in [6.45, 7) is 0.874. The van der Waals surface area contributed by atoms with Crippen LogP contribution in [-0.4, -0.2) is 28.4 Å². The molecule has 0 radical (unpaired) electrons. The molecule has 0 saturated carbocycles. The van der Waals surface area contributed by atoms with Crippen LogP contribution in [0.25, 0.3) is 10.8 Å². The van der Waals surface area contributed by atoms with Crippen LogP contribution < -0.4 is 35.9 Å². The lowest BCUT2D eigenvalue weighted by Gasteiger charge is -2.14. The number of fused-ring (bicyclic) bond motifs is 1. The lowest BCUT2D eigenvalue weighted by molar-refractivity contribution is -0.695. The zero-order valence-electron chi connectivity index (χ0n) is 16.0. The number of benzene rings is 2. The minimum Gasteiger partial charge on any atom is -1.00 e. The van der Waals surface area contributed by atoms with Crippen molar-refractivity contribution in [1.82, 2.24) is 0 Å². The smallest absolute Gasteiger partial charge is 0.203 e. The summed E-state index contributed by atoms with van der Waals surface area (Å²) in [5, 5.41) is 2.03. The number of ether oxygens (including phenoxy) is 4. The highest BCUT2D eigenvalue weighted by molar-refractivity contribution is 5.91. The van der Waals surface area contributed by atoms with Gasteiger partial charge in [-0.05, 0) is 23.8 Å². The molecular formula is C21H24ClNO4. The van der Waals surface area contributed by atoms with E-state index in [0.29, 0.717) is 17.2 Å². The first-order valence-corrected chi connectivity index (χ1v) is 8.45. The third-order valence-corrected chi connectivity index (χ3v) is 4.46. The van der Waals surface area contributed by atoms with Crippen LogP contribution in [0.3, 0.4) is 0 Å². The molecule has 0 aliphatic rings. The topological polar surface area (TPSA) is 40.8 Å². The van der Waals surface area contributed by atoms with Crippen molar-refractivity contribution in [2.45, 2.75) is 13.0 Å². The zero-order chi connectivity index (χ0) is 18.5. The average molecular weight is 390 g/mol. The molecule has 0 spiro atoms. The summed E-state index contributed by atoms with van der Waals surface area (Å²) in [4.78, 5) is 0. The number of rotatable bonds is 7. The molecule has 0 fully saturated rings. The van der Waals surface area contributed by atoms with Gasteiger partial charge in [-0.15, -0.1) is 0 Å². The largest absolute Gasteiger partial charge is 1.00 e. The first-order chi connectivity index (χ1) is 12.7. The summed E-state index contributed by atoms with van der Waals surface area (Å²) in [5.41, 5.74) is 1.27. The van der Waals surface area contributed by atoms with Crippen LogP contribution >= 0.6 is 0 Å². The molecule has 1 heterocycles. The second kappa shape index (κ2) is 9.33. The molecule has 0 unspecified atom stereocenters. The van der Waals surface area contributed by atoms with Crippen LogP contribution in [-0.2, 0) is 13.0 Å². The molecule has 0 aliphatic carbocycles. The normalized spacial score (nSPS) is 10.2. The van der Waals surface area contributed by atoms with Crippen LogP contribution in [0.4, 0.5) is 0 Å². The van der Waals surface area contributed by atoms with Gasteiger partial charge in [0.2, 0.25) is 5.75 Å². The Labute approximate surface area is 165 Å². The van der Waals surface area contributed by atoms with E-state index in [1.807, 2.05) is 24.3 Å². The quantitative estimate of drug-likeness (QED) is 0.549. The molecular weight excluding hydrogens is 366 g/mol. The Morgan fingerprint density at radius 2 is 1.52 bits per heavy atom. The van der Waals surface area contributed by atoms with E-state index in [9.17, 15) is 0 Å². The van der Waals surface area contributed by atoms with Gasteiger partial charge in [-0.2, -0.15) is 0 Å². The highest BCUT2D eigenvalue weighted by atomic mass is 35.5. The maximum absolute atomic E-state index is 5.56. The molecule has 6 heteroatoms. The fourth-order valence-electron chi connectivity index (χ4n) is 3.06. The standard InChI is InChI=1S/C21H24NO4.ClH/c1-23-17-7-5-15(6-8-17)9-11-22-12-10-18-16(14-22)13-19(24-2)21(26-4)20(18)25-3;/h5-8,10,12-14H,9,11H2,1-4H3;1H/q+1;/p-1. The van der Waals surface area contributed by atoms with E-state index in [1.54, 1.807) is 28.4 Å². The second-order valence-electron chi connectivity index (χ2n) is 5.93. The van der Waals surface area contributed by atoms with Gasteiger partial charge in [0.15, 0.2) is 30.4 Å². The molecule has 144 valence electrons. The van der Waals surface area contributed by atoms with Crippen LogP contribution in [0, 0.1) is 0 Å². The number of aromatic nitrogens is 1. The Hall–Kier alpha value is -2.66. The Kier molecular flexibility index (Phi) is 7.13. The SMILES string of the molecule is COc1ccc(CC[n+]2ccc3c(OC)c(OC)c(OC)cc3c2)cc1.[Cl-]. The Morgan fingerprint density at radius 1 is 0.815 bits per heavy atom. The van der Waals surface area contributed by atoms with E-state index in [2.05, 4.69) is 29.1 Å². The van der Waals surface area contributed by atoms with Gasteiger partial charge >= 0.3 is 0 Å². The molecule has 5 nitrogen and oxygen atoms in total. The molecule has 3 aromatic rings. The van der Waals surface area contributed by atoms with Gasteiger partial charge in [0, 0.05) is 17.9 Å². The van der Waals surface area contributed by atoms with Crippen LogP contribution in [0.5, 0.6) is 23.0 Å². The van der Waals surface area contributed by atoms with Crippen molar-refractivity contribution in [2.24, 2.45) is 0 Å². The maximum atomic E-state index is 5.56. The zero-order valence-corrected chi connectivity index (χ0v) is 16.7. The van der Waals surface area contributed by atoms with Gasteiger partial charge < -0.3 is 31.4 Å². The monoisotopic (exact) mass is 389 g/mol. The van der Waals surface area contributed by atoms with Gasteiger partial charge in [-0.25, -0.2) is 4.57 Å². The molecule has 0 saturated heterocycles. The van der Waals surface area contributed by atoms with Crippen molar-refractivity contribution in [1.29, 1.82) is 0 Å². The molecule has 0 aliphatic heterocycles.